The van der Waals surface area contributed by atoms with Crippen LogP contribution in [0.15, 0.2) is 16.6 Å². The summed E-state index contributed by atoms with van der Waals surface area (Å²) < 4.78 is 0.582. The smallest absolute Gasteiger partial charge is 0.274 e. The number of hydrogen-bond donors (Lipinski definition) is 1. The molecule has 1 aliphatic rings. The van der Waals surface area contributed by atoms with Gasteiger partial charge in [-0.15, -0.1) is 12.4 Å². The zero-order valence-corrected chi connectivity index (χ0v) is 14.2. The summed E-state index contributed by atoms with van der Waals surface area (Å²) in [4.78, 5) is 24.7. The van der Waals surface area contributed by atoms with Crippen molar-refractivity contribution in [3.8, 4) is 0 Å². The summed E-state index contributed by atoms with van der Waals surface area (Å²) in [5, 5.41) is 14.3. The van der Waals surface area contributed by atoms with Gasteiger partial charge in [0.05, 0.1) is 4.92 Å². The van der Waals surface area contributed by atoms with Crippen LogP contribution in [0.25, 0.3) is 0 Å². The average molecular weight is 379 g/mol. The highest BCUT2D eigenvalue weighted by atomic mass is 79.9. The maximum atomic E-state index is 12.4. The first-order chi connectivity index (χ1) is 9.40. The highest BCUT2D eigenvalue weighted by molar-refractivity contribution is 9.10. The van der Waals surface area contributed by atoms with E-state index in [0.29, 0.717) is 28.7 Å². The van der Waals surface area contributed by atoms with Gasteiger partial charge in [0, 0.05) is 47.3 Å². The molecular formula is C13H17BrClN3O3. The van der Waals surface area contributed by atoms with Crippen LogP contribution < -0.4 is 5.32 Å². The van der Waals surface area contributed by atoms with Crippen molar-refractivity contribution in [2.24, 2.45) is 0 Å². The number of nitro benzene ring substituents is 1. The molecule has 1 amide bonds. The van der Waals surface area contributed by atoms with Crippen LogP contribution in [0.2, 0.25) is 0 Å². The van der Waals surface area contributed by atoms with Gasteiger partial charge >= 0.3 is 0 Å². The molecule has 1 aliphatic heterocycles. The summed E-state index contributed by atoms with van der Waals surface area (Å²) in [6.45, 7) is 5.62. The molecule has 0 unspecified atom stereocenters. The number of halogens is 2. The Balaban J connectivity index is 0.00000220. The van der Waals surface area contributed by atoms with Crippen molar-refractivity contribution in [3.63, 3.8) is 0 Å². The molecule has 1 saturated heterocycles. The zero-order valence-electron chi connectivity index (χ0n) is 11.8. The minimum absolute atomic E-state index is 0. The lowest BCUT2D eigenvalue weighted by molar-refractivity contribution is -0.385. The van der Waals surface area contributed by atoms with Crippen molar-refractivity contribution < 1.29 is 9.72 Å². The van der Waals surface area contributed by atoms with Gasteiger partial charge in [-0.1, -0.05) is 15.9 Å². The number of nitrogens with zero attached hydrogens (tertiary/aromatic N) is 2. The Morgan fingerprint density at radius 3 is 2.76 bits per heavy atom. The third-order valence-corrected chi connectivity index (χ3v) is 4.24. The van der Waals surface area contributed by atoms with E-state index in [2.05, 4.69) is 21.2 Å². The highest BCUT2D eigenvalue weighted by Crippen LogP contribution is 2.28. The van der Waals surface area contributed by atoms with Crippen LogP contribution in [0.3, 0.4) is 0 Å². The van der Waals surface area contributed by atoms with Crippen LogP contribution in [0, 0.1) is 17.0 Å². The predicted molar refractivity (Wildman–Crippen MR) is 86.1 cm³/mol. The molecule has 0 saturated carbocycles. The second-order valence-electron chi connectivity index (χ2n) is 4.97. The molecular weight excluding hydrogens is 362 g/mol. The number of nitrogens with one attached hydrogen (secondary N) is 1. The highest BCUT2D eigenvalue weighted by Gasteiger charge is 2.24. The van der Waals surface area contributed by atoms with Crippen LogP contribution in [0.5, 0.6) is 0 Å². The van der Waals surface area contributed by atoms with Crippen LogP contribution in [-0.4, -0.2) is 41.4 Å². The van der Waals surface area contributed by atoms with Crippen molar-refractivity contribution in [2.75, 3.05) is 19.6 Å². The lowest BCUT2D eigenvalue weighted by Gasteiger charge is -2.32. The molecule has 1 aromatic rings. The van der Waals surface area contributed by atoms with Gasteiger partial charge in [-0.25, -0.2) is 0 Å². The fraction of sp³-hybridized carbons (Fsp3) is 0.462. The fourth-order valence-corrected chi connectivity index (χ4v) is 2.73. The second-order valence-corrected chi connectivity index (χ2v) is 5.82. The standard InChI is InChI=1S/C13H16BrN3O3.ClH/c1-8-7-16(4-3-15-8)13(18)10-5-11(14)9(2)12(6-10)17(19)20;/h5-6,8,15H,3-4,7H2,1-2H3;1H/t8-;/m1./s1. The zero-order chi connectivity index (χ0) is 14.9. The van der Waals surface area contributed by atoms with Gasteiger partial charge < -0.3 is 10.2 Å². The molecule has 1 atom stereocenters. The van der Waals surface area contributed by atoms with Gasteiger partial charge in [0.1, 0.15) is 0 Å². The largest absolute Gasteiger partial charge is 0.336 e. The van der Waals surface area contributed by atoms with E-state index < -0.39 is 4.92 Å². The first kappa shape index (κ1) is 17.9. The summed E-state index contributed by atoms with van der Waals surface area (Å²) in [7, 11) is 0. The number of hydrogen-bond acceptors (Lipinski definition) is 4. The number of carbonyl (C=O) groups is 1. The monoisotopic (exact) mass is 377 g/mol. The van der Waals surface area contributed by atoms with Gasteiger partial charge in [-0.3, -0.25) is 14.9 Å². The number of nitro groups is 1. The number of amides is 1. The minimum atomic E-state index is -0.461. The van der Waals surface area contributed by atoms with E-state index >= 15 is 0 Å². The Labute approximate surface area is 137 Å². The van der Waals surface area contributed by atoms with E-state index in [-0.39, 0.29) is 30.0 Å². The van der Waals surface area contributed by atoms with Crippen molar-refractivity contribution in [3.05, 3.63) is 37.8 Å². The van der Waals surface area contributed by atoms with Crippen LogP contribution >= 0.6 is 28.3 Å². The normalized spacial score (nSPS) is 18.0. The first-order valence-corrected chi connectivity index (χ1v) is 7.16. The quantitative estimate of drug-likeness (QED) is 0.634. The topological polar surface area (TPSA) is 75.5 Å². The molecule has 1 aromatic carbocycles. The Bertz CT molecular complexity index is 568. The van der Waals surface area contributed by atoms with Crippen LogP contribution in [-0.2, 0) is 0 Å². The van der Waals surface area contributed by atoms with Gasteiger partial charge in [-0.2, -0.15) is 0 Å². The third-order valence-electron chi connectivity index (χ3n) is 3.42. The van der Waals surface area contributed by atoms with Gasteiger partial charge in [0.15, 0.2) is 0 Å². The molecule has 0 bridgehead atoms. The molecule has 0 spiro atoms. The van der Waals surface area contributed by atoms with Crippen molar-refractivity contribution in [1.82, 2.24) is 10.2 Å². The molecule has 0 radical (unpaired) electrons. The van der Waals surface area contributed by atoms with Crippen LogP contribution in [0.4, 0.5) is 5.69 Å². The van der Waals surface area contributed by atoms with Gasteiger partial charge in [-0.05, 0) is 19.9 Å². The Kier molecular flexibility index (Phi) is 6.12. The summed E-state index contributed by atoms with van der Waals surface area (Å²) in [6.07, 6.45) is 0. The van der Waals surface area contributed by atoms with Crippen LogP contribution in [0.1, 0.15) is 22.8 Å². The molecule has 116 valence electrons. The number of piperazine rings is 1. The lowest BCUT2D eigenvalue weighted by Crippen LogP contribution is -2.51. The summed E-state index contributed by atoms with van der Waals surface area (Å²) >= 11 is 3.28. The van der Waals surface area contributed by atoms with Crippen molar-refractivity contribution >= 4 is 39.9 Å². The Hall–Kier alpha value is -1.18. The fourth-order valence-electron chi connectivity index (χ4n) is 2.28. The van der Waals surface area contributed by atoms with Gasteiger partial charge in [0.2, 0.25) is 0 Å². The maximum absolute atomic E-state index is 12.4. The predicted octanol–water partition coefficient (Wildman–Crippen LogP) is 2.52. The van der Waals surface area contributed by atoms with E-state index in [1.165, 1.54) is 6.07 Å². The molecule has 1 fully saturated rings. The third kappa shape index (κ3) is 3.93. The SMILES string of the molecule is Cc1c(Br)cc(C(=O)N2CCN[C@H](C)C2)cc1[N+](=O)[O-].Cl. The number of rotatable bonds is 2. The van der Waals surface area contributed by atoms with E-state index in [4.69, 9.17) is 0 Å². The maximum Gasteiger partial charge on any atom is 0.274 e. The van der Waals surface area contributed by atoms with E-state index in [0.717, 1.165) is 6.54 Å². The average Bonchev–Trinajstić information content (AvgIpc) is 2.40. The lowest BCUT2D eigenvalue weighted by atomic mass is 10.1. The minimum Gasteiger partial charge on any atom is -0.336 e. The van der Waals surface area contributed by atoms with E-state index in [1.807, 2.05) is 6.92 Å². The number of carbonyl (C=O) groups excluding carboxylic acids is 1. The summed E-state index contributed by atoms with van der Waals surface area (Å²) in [5.74, 6) is -0.165. The van der Waals surface area contributed by atoms with Gasteiger partial charge in [0.25, 0.3) is 11.6 Å². The number of benzene rings is 1. The molecule has 8 heteroatoms. The Morgan fingerprint density at radius 2 is 2.19 bits per heavy atom. The first-order valence-electron chi connectivity index (χ1n) is 6.37. The molecule has 1 heterocycles. The molecule has 6 nitrogen and oxygen atoms in total. The second kappa shape index (κ2) is 7.20. The molecule has 2 rings (SSSR count). The van der Waals surface area contributed by atoms with E-state index in [1.54, 1.807) is 17.9 Å². The summed E-state index contributed by atoms with van der Waals surface area (Å²) in [5.41, 5.74) is 0.842. The molecule has 0 aliphatic carbocycles. The molecule has 0 aromatic heterocycles. The van der Waals surface area contributed by atoms with Crippen molar-refractivity contribution in [1.29, 1.82) is 0 Å². The Morgan fingerprint density at radius 1 is 1.52 bits per heavy atom. The van der Waals surface area contributed by atoms with E-state index in [9.17, 15) is 14.9 Å². The van der Waals surface area contributed by atoms with Crippen molar-refractivity contribution in [2.45, 2.75) is 19.9 Å². The molecule has 21 heavy (non-hydrogen) atoms. The molecule has 1 N–H and O–H groups in total. The summed E-state index contributed by atoms with van der Waals surface area (Å²) in [6, 6.07) is 3.24.